The van der Waals surface area contributed by atoms with Crippen LogP contribution < -0.4 is 4.74 Å². The molecule has 2 heterocycles. The number of benzene rings is 2. The fourth-order valence-corrected chi connectivity index (χ4v) is 6.78. The van der Waals surface area contributed by atoms with Crippen molar-refractivity contribution in [2.45, 2.75) is 43.1 Å². The quantitative estimate of drug-likeness (QED) is 0.178. The average Bonchev–Trinajstić information content (AvgIpc) is 2.91. The van der Waals surface area contributed by atoms with Crippen molar-refractivity contribution in [3.05, 3.63) is 64.3 Å². The molecule has 9 heteroatoms. The molecule has 0 spiro atoms. The molecule has 0 saturated carbocycles. The van der Waals surface area contributed by atoms with E-state index in [0.717, 1.165) is 71.8 Å². The van der Waals surface area contributed by atoms with E-state index in [2.05, 4.69) is 9.88 Å². The number of fused-ring (bicyclic) bond motifs is 1. The van der Waals surface area contributed by atoms with E-state index in [4.69, 9.17) is 27.9 Å². The number of aliphatic hydroxyl groups excluding tert-OH is 1. The average molecular weight is 578 g/mol. The molecule has 3 aromatic rings. The number of methoxy groups -OCH3 is 1. The second-order valence-corrected chi connectivity index (χ2v) is 11.8. The van der Waals surface area contributed by atoms with Gasteiger partial charge in [-0.25, -0.2) is 0 Å². The minimum absolute atomic E-state index is 0.0674. The zero-order chi connectivity index (χ0) is 27.1. The van der Waals surface area contributed by atoms with E-state index in [1.165, 1.54) is 0 Å². The van der Waals surface area contributed by atoms with Crippen LogP contribution in [0.1, 0.15) is 43.8 Å². The highest BCUT2D eigenvalue weighted by Crippen LogP contribution is 2.36. The Hall–Kier alpha value is -2.03. The van der Waals surface area contributed by atoms with Gasteiger partial charge < -0.3 is 19.8 Å². The van der Waals surface area contributed by atoms with Crippen LogP contribution in [-0.2, 0) is 4.79 Å². The Morgan fingerprint density at radius 1 is 1.24 bits per heavy atom. The highest BCUT2D eigenvalue weighted by atomic mass is 35.5. The van der Waals surface area contributed by atoms with Crippen molar-refractivity contribution in [3.63, 3.8) is 0 Å². The van der Waals surface area contributed by atoms with E-state index in [0.29, 0.717) is 16.5 Å². The van der Waals surface area contributed by atoms with Crippen molar-refractivity contribution >= 4 is 51.8 Å². The topological polar surface area (TPSA) is 82.9 Å². The molecule has 2 N–H and O–H groups in total. The summed E-state index contributed by atoms with van der Waals surface area (Å²) in [6.45, 7) is 2.63. The third kappa shape index (κ3) is 7.54. The molecule has 1 saturated heterocycles. The lowest BCUT2D eigenvalue weighted by atomic mass is 9.79. The van der Waals surface area contributed by atoms with Gasteiger partial charge in [0.2, 0.25) is 0 Å². The normalized spacial score (nSPS) is 18.9. The van der Waals surface area contributed by atoms with Crippen molar-refractivity contribution < 1.29 is 19.7 Å². The predicted molar refractivity (Wildman–Crippen MR) is 155 cm³/mol. The molecule has 1 unspecified atom stereocenters. The molecule has 0 radical (unpaired) electrons. The van der Waals surface area contributed by atoms with Gasteiger partial charge in [-0.05, 0) is 98.3 Å². The number of rotatable bonds is 12. The van der Waals surface area contributed by atoms with Crippen LogP contribution in [0, 0.1) is 11.8 Å². The molecule has 1 fully saturated rings. The van der Waals surface area contributed by atoms with Gasteiger partial charge in [0, 0.05) is 29.4 Å². The number of thioether (sulfide) groups is 1. The van der Waals surface area contributed by atoms with E-state index in [-0.39, 0.29) is 18.3 Å². The Labute approximate surface area is 238 Å². The van der Waals surface area contributed by atoms with Crippen molar-refractivity contribution in [2.75, 3.05) is 32.5 Å². The number of pyridine rings is 1. The lowest BCUT2D eigenvalue weighted by molar-refractivity contribution is -0.139. The molecule has 3 atom stereocenters. The number of ether oxygens (including phenoxy) is 1. The van der Waals surface area contributed by atoms with Crippen LogP contribution in [-0.4, -0.2) is 58.6 Å². The van der Waals surface area contributed by atoms with Crippen LogP contribution >= 0.6 is 35.0 Å². The first-order valence-corrected chi connectivity index (χ1v) is 14.7. The highest BCUT2D eigenvalue weighted by Gasteiger charge is 2.31. The summed E-state index contributed by atoms with van der Waals surface area (Å²) in [5, 5.41) is 22.7. The third-order valence-electron chi connectivity index (χ3n) is 7.36. The number of nitrogens with zero attached hydrogens (tertiary/aromatic N) is 2. The standard InChI is InChI=1S/C29H34Cl2N2O4S/c1-37-21-7-8-25-23(17-21)22(10-12-32-25)26(34)9-6-19-11-14-33(18-20(19)16-28(35)36)13-3-15-38-27-5-2-4-24(30)29(27)31/h2,4-5,7-8,10,12,17,19-20,26,34H,3,6,9,11,13-16,18H2,1H3,(H,35,36)/t19-,20+,26?/m1/s1. The molecule has 38 heavy (non-hydrogen) atoms. The van der Waals surface area contributed by atoms with E-state index in [1.807, 2.05) is 36.4 Å². The lowest BCUT2D eigenvalue weighted by Gasteiger charge is -2.38. The number of halogens is 2. The summed E-state index contributed by atoms with van der Waals surface area (Å²) in [6, 6.07) is 13.2. The summed E-state index contributed by atoms with van der Waals surface area (Å²) in [4.78, 5) is 19.4. The molecule has 204 valence electrons. The van der Waals surface area contributed by atoms with Gasteiger partial charge in [-0.1, -0.05) is 29.3 Å². The number of hydrogen-bond acceptors (Lipinski definition) is 6. The van der Waals surface area contributed by atoms with Gasteiger partial charge in [0.1, 0.15) is 5.75 Å². The molecule has 0 bridgehead atoms. The SMILES string of the molecule is COc1ccc2nccc(C(O)CC[C@@H]3CCN(CCCSc4cccc(Cl)c4Cl)C[C@@H]3CC(=O)O)c2c1. The van der Waals surface area contributed by atoms with Gasteiger partial charge in [-0.2, -0.15) is 0 Å². The minimum Gasteiger partial charge on any atom is -0.497 e. The van der Waals surface area contributed by atoms with Crippen molar-refractivity contribution in [1.29, 1.82) is 0 Å². The van der Waals surface area contributed by atoms with Gasteiger partial charge >= 0.3 is 5.97 Å². The van der Waals surface area contributed by atoms with Crippen LogP contribution in [0.4, 0.5) is 0 Å². The molecule has 1 aliphatic rings. The minimum atomic E-state index is -0.763. The first-order chi connectivity index (χ1) is 18.4. The smallest absolute Gasteiger partial charge is 0.303 e. The van der Waals surface area contributed by atoms with Crippen LogP contribution in [0.15, 0.2) is 53.6 Å². The van der Waals surface area contributed by atoms with Gasteiger partial charge in [0.05, 0.1) is 28.8 Å². The van der Waals surface area contributed by atoms with E-state index >= 15 is 0 Å². The molecule has 0 aliphatic carbocycles. The summed E-state index contributed by atoms with van der Waals surface area (Å²) in [6.07, 6.45) is 4.50. The van der Waals surface area contributed by atoms with Crippen LogP contribution in [0.5, 0.6) is 5.75 Å². The largest absolute Gasteiger partial charge is 0.497 e. The zero-order valence-electron chi connectivity index (χ0n) is 21.5. The van der Waals surface area contributed by atoms with Gasteiger partial charge in [0.15, 0.2) is 0 Å². The molecular formula is C29H34Cl2N2O4S. The van der Waals surface area contributed by atoms with Crippen molar-refractivity contribution in [1.82, 2.24) is 9.88 Å². The lowest BCUT2D eigenvalue weighted by Crippen LogP contribution is -2.42. The number of carboxylic acids is 1. The maximum absolute atomic E-state index is 11.6. The number of hydrogen-bond donors (Lipinski definition) is 2. The summed E-state index contributed by atoms with van der Waals surface area (Å²) in [5.74, 6) is 1.21. The summed E-state index contributed by atoms with van der Waals surface area (Å²) in [5.41, 5.74) is 1.65. The predicted octanol–water partition coefficient (Wildman–Crippen LogP) is 6.96. The second kappa shape index (κ2) is 13.9. The monoisotopic (exact) mass is 576 g/mol. The molecule has 1 aliphatic heterocycles. The third-order valence-corrected chi connectivity index (χ3v) is 9.43. The first-order valence-electron chi connectivity index (χ1n) is 13.0. The molecule has 1 aromatic heterocycles. The Morgan fingerprint density at radius 3 is 2.87 bits per heavy atom. The number of aliphatic carboxylic acids is 1. The zero-order valence-corrected chi connectivity index (χ0v) is 23.8. The molecule has 4 rings (SSSR count). The second-order valence-electron chi connectivity index (χ2n) is 9.84. The Bertz CT molecular complexity index is 1240. The molecule has 2 aromatic carbocycles. The molecule has 6 nitrogen and oxygen atoms in total. The molecular weight excluding hydrogens is 543 g/mol. The number of likely N-dealkylation sites (tertiary alicyclic amines) is 1. The molecule has 0 amide bonds. The fraction of sp³-hybridized carbons (Fsp3) is 0.448. The van der Waals surface area contributed by atoms with Gasteiger partial charge in [-0.15, -0.1) is 11.8 Å². The Balaban J connectivity index is 1.31. The Morgan fingerprint density at radius 2 is 2.08 bits per heavy atom. The van der Waals surface area contributed by atoms with Gasteiger partial charge in [0.25, 0.3) is 0 Å². The van der Waals surface area contributed by atoms with Gasteiger partial charge in [-0.3, -0.25) is 9.78 Å². The summed E-state index contributed by atoms with van der Waals surface area (Å²) >= 11 is 14.1. The summed E-state index contributed by atoms with van der Waals surface area (Å²) in [7, 11) is 1.62. The summed E-state index contributed by atoms with van der Waals surface area (Å²) < 4.78 is 5.36. The fourth-order valence-electron chi connectivity index (χ4n) is 5.35. The van der Waals surface area contributed by atoms with Crippen molar-refractivity contribution in [2.24, 2.45) is 11.8 Å². The first kappa shape index (κ1) is 29.0. The van der Waals surface area contributed by atoms with Crippen LogP contribution in [0.2, 0.25) is 10.0 Å². The number of aromatic nitrogens is 1. The highest BCUT2D eigenvalue weighted by molar-refractivity contribution is 7.99. The van der Waals surface area contributed by atoms with E-state index in [9.17, 15) is 15.0 Å². The van der Waals surface area contributed by atoms with Crippen LogP contribution in [0.3, 0.4) is 0 Å². The van der Waals surface area contributed by atoms with E-state index < -0.39 is 12.1 Å². The van der Waals surface area contributed by atoms with Crippen LogP contribution in [0.25, 0.3) is 10.9 Å². The Kier molecular flexibility index (Phi) is 10.6. The number of piperidine rings is 1. The number of carbonyl (C=O) groups is 1. The van der Waals surface area contributed by atoms with E-state index in [1.54, 1.807) is 31.1 Å². The maximum Gasteiger partial charge on any atom is 0.303 e. The number of carboxylic acid groups (broad SMARTS) is 1. The van der Waals surface area contributed by atoms with Crippen molar-refractivity contribution in [3.8, 4) is 5.75 Å². The number of aliphatic hydroxyl groups is 1. The maximum atomic E-state index is 11.6.